The van der Waals surface area contributed by atoms with E-state index in [2.05, 4.69) is 56.4 Å². The van der Waals surface area contributed by atoms with Crippen LogP contribution in [0.3, 0.4) is 0 Å². The second-order valence-electron chi connectivity index (χ2n) is 4.60. The largest absolute Gasteiger partial charge is 0.144 e. The van der Waals surface area contributed by atoms with Gasteiger partial charge in [0.2, 0.25) is 0 Å². The lowest BCUT2D eigenvalue weighted by Crippen LogP contribution is -2.28. The van der Waals surface area contributed by atoms with Gasteiger partial charge < -0.3 is 0 Å². The van der Waals surface area contributed by atoms with Crippen molar-refractivity contribution in [3.8, 4) is 0 Å². The van der Waals surface area contributed by atoms with Crippen LogP contribution in [-0.4, -0.2) is 20.0 Å². The molecule has 2 heteroatoms. The molecule has 66 valence electrons. The summed E-state index contributed by atoms with van der Waals surface area (Å²) in [5, 5.41) is 1.88. The standard InChI is InChI=1S/C10H14S2/c1-6(2)10-5-4-9(3)7(11-9)8(10)12-10/h4-8H,1-3H3. The molecule has 0 radical (unpaired) electrons. The van der Waals surface area contributed by atoms with Gasteiger partial charge in [0.25, 0.3) is 0 Å². The molecule has 4 unspecified atom stereocenters. The molecule has 0 saturated carbocycles. The lowest BCUT2D eigenvalue weighted by molar-refractivity contribution is 0.526. The molecule has 2 heterocycles. The molecule has 0 bridgehead atoms. The number of hydrogen-bond donors (Lipinski definition) is 0. The minimum atomic E-state index is 0.534. The zero-order valence-corrected chi connectivity index (χ0v) is 9.34. The third-order valence-electron chi connectivity index (χ3n) is 3.46. The van der Waals surface area contributed by atoms with Gasteiger partial charge in [0.1, 0.15) is 0 Å². The van der Waals surface area contributed by atoms with Crippen molar-refractivity contribution in [2.24, 2.45) is 5.92 Å². The van der Waals surface area contributed by atoms with E-state index < -0.39 is 0 Å². The van der Waals surface area contributed by atoms with Gasteiger partial charge in [-0.3, -0.25) is 0 Å². The van der Waals surface area contributed by atoms with Gasteiger partial charge in [-0.25, -0.2) is 0 Å². The zero-order valence-electron chi connectivity index (χ0n) is 7.70. The normalized spacial score (nSPS) is 59.7. The highest BCUT2D eigenvalue weighted by molar-refractivity contribution is 8.14. The first-order valence-corrected chi connectivity index (χ1v) is 6.40. The van der Waals surface area contributed by atoms with E-state index in [1.54, 1.807) is 0 Å². The SMILES string of the molecule is CC(C)C12C=CC3(C)SC3C1S2. The molecule has 4 atom stereocenters. The molecular weight excluding hydrogens is 184 g/mol. The Hall–Kier alpha value is 0.440. The number of fused-ring (bicyclic) bond motifs is 3. The molecule has 2 fully saturated rings. The van der Waals surface area contributed by atoms with E-state index in [0.717, 1.165) is 16.4 Å². The maximum Gasteiger partial charge on any atom is 0.0496 e. The average Bonchev–Trinajstić information content (AvgIpc) is 2.76. The summed E-state index contributed by atoms with van der Waals surface area (Å²) < 4.78 is 1.08. The van der Waals surface area contributed by atoms with E-state index in [1.807, 2.05) is 0 Å². The Bertz CT molecular complexity index is 271. The molecule has 0 aromatic carbocycles. The van der Waals surface area contributed by atoms with E-state index in [0.29, 0.717) is 9.49 Å². The van der Waals surface area contributed by atoms with Gasteiger partial charge in [0.15, 0.2) is 0 Å². The summed E-state index contributed by atoms with van der Waals surface area (Å²) in [5.41, 5.74) is 0. The van der Waals surface area contributed by atoms with E-state index in [1.165, 1.54) is 0 Å². The molecular formula is C10H14S2. The predicted molar refractivity (Wildman–Crippen MR) is 57.9 cm³/mol. The number of hydrogen-bond acceptors (Lipinski definition) is 2. The molecule has 3 aliphatic rings. The zero-order chi connectivity index (χ0) is 8.56. The Kier molecular flexibility index (Phi) is 1.25. The molecule has 1 aliphatic carbocycles. The van der Waals surface area contributed by atoms with Gasteiger partial charge in [-0.1, -0.05) is 26.0 Å². The second kappa shape index (κ2) is 1.93. The number of rotatable bonds is 1. The minimum Gasteiger partial charge on any atom is -0.144 e. The fraction of sp³-hybridized carbons (Fsp3) is 0.800. The summed E-state index contributed by atoms with van der Waals surface area (Å²) >= 11 is 4.35. The van der Waals surface area contributed by atoms with Crippen LogP contribution in [0, 0.1) is 5.92 Å². The molecule has 0 N–H and O–H groups in total. The van der Waals surface area contributed by atoms with Crippen LogP contribution in [0.1, 0.15) is 20.8 Å². The molecule has 0 amide bonds. The van der Waals surface area contributed by atoms with Gasteiger partial charge in [0.05, 0.1) is 0 Å². The fourth-order valence-corrected chi connectivity index (χ4v) is 5.69. The van der Waals surface area contributed by atoms with Gasteiger partial charge in [-0.05, 0) is 12.8 Å². The van der Waals surface area contributed by atoms with E-state index in [9.17, 15) is 0 Å². The summed E-state index contributed by atoms with van der Waals surface area (Å²) in [4.78, 5) is 0. The van der Waals surface area contributed by atoms with Crippen LogP contribution in [0.25, 0.3) is 0 Å². The lowest BCUT2D eigenvalue weighted by atomic mass is 9.83. The third-order valence-corrected chi connectivity index (χ3v) is 7.22. The van der Waals surface area contributed by atoms with Gasteiger partial charge in [0, 0.05) is 20.0 Å². The van der Waals surface area contributed by atoms with Crippen molar-refractivity contribution in [3.05, 3.63) is 12.2 Å². The highest BCUT2D eigenvalue weighted by Crippen LogP contribution is 2.75. The smallest absolute Gasteiger partial charge is 0.0496 e. The summed E-state index contributed by atoms with van der Waals surface area (Å²) in [6, 6.07) is 0. The second-order valence-corrected chi connectivity index (χ2v) is 7.68. The molecule has 2 saturated heterocycles. The lowest BCUT2D eigenvalue weighted by Gasteiger charge is -2.19. The Morgan fingerprint density at radius 1 is 1.17 bits per heavy atom. The first-order chi connectivity index (χ1) is 5.58. The summed E-state index contributed by atoms with van der Waals surface area (Å²) in [6.07, 6.45) is 4.95. The topological polar surface area (TPSA) is 0 Å². The van der Waals surface area contributed by atoms with Crippen molar-refractivity contribution in [2.75, 3.05) is 0 Å². The van der Waals surface area contributed by atoms with Crippen LogP contribution in [-0.2, 0) is 0 Å². The van der Waals surface area contributed by atoms with Crippen molar-refractivity contribution in [1.29, 1.82) is 0 Å². The molecule has 12 heavy (non-hydrogen) atoms. The summed E-state index contributed by atoms with van der Waals surface area (Å²) in [5.74, 6) is 0.814. The Balaban J connectivity index is 1.95. The van der Waals surface area contributed by atoms with Crippen LogP contribution in [0.4, 0.5) is 0 Å². The van der Waals surface area contributed by atoms with E-state index in [4.69, 9.17) is 0 Å². The van der Waals surface area contributed by atoms with Crippen LogP contribution in [0.15, 0.2) is 12.2 Å². The Morgan fingerprint density at radius 3 is 2.58 bits per heavy atom. The highest BCUT2D eigenvalue weighted by Gasteiger charge is 2.71. The monoisotopic (exact) mass is 198 g/mol. The van der Waals surface area contributed by atoms with Crippen molar-refractivity contribution in [3.63, 3.8) is 0 Å². The highest BCUT2D eigenvalue weighted by atomic mass is 32.2. The summed E-state index contributed by atoms with van der Waals surface area (Å²) in [7, 11) is 0. The molecule has 0 nitrogen and oxygen atoms in total. The minimum absolute atomic E-state index is 0.534. The summed E-state index contributed by atoms with van der Waals surface area (Å²) in [6.45, 7) is 7.09. The van der Waals surface area contributed by atoms with Crippen molar-refractivity contribution >= 4 is 23.5 Å². The van der Waals surface area contributed by atoms with Crippen molar-refractivity contribution in [2.45, 2.75) is 40.8 Å². The molecule has 3 rings (SSSR count). The van der Waals surface area contributed by atoms with Crippen molar-refractivity contribution in [1.82, 2.24) is 0 Å². The molecule has 2 aliphatic heterocycles. The van der Waals surface area contributed by atoms with Crippen LogP contribution in [0.2, 0.25) is 0 Å². The van der Waals surface area contributed by atoms with Crippen LogP contribution in [0.5, 0.6) is 0 Å². The third kappa shape index (κ3) is 0.741. The van der Waals surface area contributed by atoms with Crippen LogP contribution >= 0.6 is 23.5 Å². The van der Waals surface area contributed by atoms with Gasteiger partial charge in [-0.2, -0.15) is 0 Å². The number of thioether (sulfide) groups is 2. The molecule has 0 aromatic rings. The van der Waals surface area contributed by atoms with Gasteiger partial charge in [-0.15, -0.1) is 23.5 Å². The first-order valence-electron chi connectivity index (χ1n) is 4.64. The predicted octanol–water partition coefficient (Wildman–Crippen LogP) is 2.94. The van der Waals surface area contributed by atoms with E-state index in [-0.39, 0.29) is 0 Å². The average molecular weight is 198 g/mol. The maximum atomic E-state index is 2.49. The van der Waals surface area contributed by atoms with Crippen molar-refractivity contribution < 1.29 is 0 Å². The van der Waals surface area contributed by atoms with Crippen LogP contribution < -0.4 is 0 Å². The fourth-order valence-electron chi connectivity index (χ4n) is 2.31. The van der Waals surface area contributed by atoms with Gasteiger partial charge >= 0.3 is 0 Å². The molecule has 0 spiro atoms. The Morgan fingerprint density at radius 2 is 1.92 bits per heavy atom. The maximum absolute atomic E-state index is 2.49. The quantitative estimate of drug-likeness (QED) is 0.469. The molecule has 0 aromatic heterocycles. The van der Waals surface area contributed by atoms with E-state index >= 15 is 0 Å². The Labute approximate surface area is 82.6 Å². The first kappa shape index (κ1) is 7.81.